The zero-order valence-electron chi connectivity index (χ0n) is 15.3. The largest absolute Gasteiger partial charge is 0.490 e. The minimum absolute atomic E-state index is 0.321. The first-order valence-corrected chi connectivity index (χ1v) is 8.47. The van der Waals surface area contributed by atoms with Gasteiger partial charge >= 0.3 is 5.97 Å². The highest BCUT2D eigenvalue weighted by Crippen LogP contribution is 2.29. The van der Waals surface area contributed by atoms with Gasteiger partial charge in [-0.25, -0.2) is 4.79 Å². The van der Waals surface area contributed by atoms with Crippen molar-refractivity contribution in [1.29, 1.82) is 5.26 Å². The fourth-order valence-electron chi connectivity index (χ4n) is 2.33. The van der Waals surface area contributed by atoms with E-state index in [0.29, 0.717) is 36.9 Å². The Labute approximate surface area is 158 Å². The van der Waals surface area contributed by atoms with Gasteiger partial charge in [0.2, 0.25) is 0 Å². The van der Waals surface area contributed by atoms with Crippen LogP contribution in [0.5, 0.6) is 17.2 Å². The normalized spacial score (nSPS) is 10.8. The van der Waals surface area contributed by atoms with Crippen LogP contribution in [0.3, 0.4) is 0 Å². The van der Waals surface area contributed by atoms with Crippen molar-refractivity contribution in [1.82, 2.24) is 0 Å². The number of nitriles is 1. The van der Waals surface area contributed by atoms with Crippen LogP contribution >= 0.6 is 0 Å². The summed E-state index contributed by atoms with van der Waals surface area (Å²) in [6, 6.07) is 14.4. The molecule has 0 saturated heterocycles. The molecule has 1 N–H and O–H groups in total. The van der Waals surface area contributed by atoms with Gasteiger partial charge in [-0.3, -0.25) is 0 Å². The fourth-order valence-corrected chi connectivity index (χ4v) is 2.33. The minimum atomic E-state index is -1.27. The van der Waals surface area contributed by atoms with Crippen LogP contribution in [0.15, 0.2) is 48.0 Å². The maximum absolute atomic E-state index is 11.0. The predicted octanol–water partition coefficient (Wildman–Crippen LogP) is 3.84. The van der Waals surface area contributed by atoms with Gasteiger partial charge in [-0.15, -0.1) is 0 Å². The highest BCUT2D eigenvalue weighted by molar-refractivity contribution is 5.96. The van der Waals surface area contributed by atoms with Crippen LogP contribution in [-0.4, -0.2) is 30.9 Å². The van der Waals surface area contributed by atoms with Crippen LogP contribution in [0, 0.1) is 18.3 Å². The van der Waals surface area contributed by atoms with E-state index < -0.39 is 5.97 Å². The van der Waals surface area contributed by atoms with Crippen molar-refractivity contribution in [2.24, 2.45) is 0 Å². The van der Waals surface area contributed by atoms with Crippen LogP contribution in [0.2, 0.25) is 0 Å². The summed E-state index contributed by atoms with van der Waals surface area (Å²) >= 11 is 0. The molecule has 27 heavy (non-hydrogen) atoms. The van der Waals surface area contributed by atoms with Crippen molar-refractivity contribution in [2.45, 2.75) is 13.8 Å². The summed E-state index contributed by atoms with van der Waals surface area (Å²) in [5.74, 6) is 0.506. The van der Waals surface area contributed by atoms with Gasteiger partial charge in [-0.05, 0) is 55.3 Å². The Morgan fingerprint density at radius 1 is 1.11 bits per heavy atom. The lowest BCUT2D eigenvalue weighted by molar-refractivity contribution is -0.132. The van der Waals surface area contributed by atoms with Crippen LogP contribution < -0.4 is 14.2 Å². The Hall–Kier alpha value is -3.46. The number of nitrogens with zero attached hydrogens (tertiary/aromatic N) is 1. The van der Waals surface area contributed by atoms with E-state index in [4.69, 9.17) is 24.6 Å². The smallest absolute Gasteiger partial charge is 0.346 e. The fraction of sp³-hybridized carbons (Fsp3) is 0.238. The Bertz CT molecular complexity index is 867. The zero-order valence-corrected chi connectivity index (χ0v) is 15.3. The Morgan fingerprint density at radius 2 is 1.89 bits per heavy atom. The van der Waals surface area contributed by atoms with E-state index >= 15 is 0 Å². The number of carboxylic acids is 1. The maximum Gasteiger partial charge on any atom is 0.346 e. The van der Waals surface area contributed by atoms with E-state index in [1.807, 2.05) is 38.1 Å². The lowest BCUT2D eigenvalue weighted by Crippen LogP contribution is -2.10. The molecule has 0 radical (unpaired) electrons. The molecule has 0 amide bonds. The zero-order chi connectivity index (χ0) is 19.6. The average Bonchev–Trinajstić information content (AvgIpc) is 2.64. The molecule has 2 aromatic rings. The number of rotatable bonds is 9. The van der Waals surface area contributed by atoms with Crippen molar-refractivity contribution in [3.05, 3.63) is 59.2 Å². The molecule has 0 aliphatic carbocycles. The second kappa shape index (κ2) is 9.88. The second-order valence-corrected chi connectivity index (χ2v) is 5.63. The summed E-state index contributed by atoms with van der Waals surface area (Å²) in [5.41, 5.74) is 1.31. The monoisotopic (exact) mass is 367 g/mol. The van der Waals surface area contributed by atoms with E-state index in [2.05, 4.69) is 0 Å². The SMILES string of the molecule is CCOc1cc(C=C(C#N)C(=O)O)ccc1OCCOc1cccc(C)c1. The van der Waals surface area contributed by atoms with Gasteiger partial charge in [0, 0.05) is 0 Å². The third kappa shape index (κ3) is 6.08. The summed E-state index contributed by atoms with van der Waals surface area (Å²) < 4.78 is 16.9. The highest BCUT2D eigenvalue weighted by atomic mass is 16.5. The molecule has 2 rings (SSSR count). The summed E-state index contributed by atoms with van der Waals surface area (Å²) in [6.45, 7) is 4.95. The molecule has 0 heterocycles. The number of ether oxygens (including phenoxy) is 3. The molecule has 2 aromatic carbocycles. The van der Waals surface area contributed by atoms with E-state index in [1.165, 1.54) is 6.08 Å². The van der Waals surface area contributed by atoms with E-state index in [1.54, 1.807) is 24.3 Å². The summed E-state index contributed by atoms with van der Waals surface area (Å²) in [4.78, 5) is 11.0. The standard InChI is InChI=1S/C21H21NO5/c1-3-25-20-13-16(12-17(14-22)21(23)24)7-8-19(20)27-10-9-26-18-6-4-5-15(2)11-18/h4-8,11-13H,3,9-10H2,1-2H3,(H,23,24). The first kappa shape index (κ1) is 19.9. The number of aliphatic carboxylic acids is 1. The van der Waals surface area contributed by atoms with Gasteiger partial charge < -0.3 is 19.3 Å². The van der Waals surface area contributed by atoms with Gasteiger partial charge in [0.25, 0.3) is 0 Å². The third-order valence-corrected chi connectivity index (χ3v) is 3.53. The molecule has 0 aliphatic heterocycles. The second-order valence-electron chi connectivity index (χ2n) is 5.63. The summed E-state index contributed by atoms with van der Waals surface area (Å²) in [5, 5.41) is 17.8. The number of carboxylic acid groups (broad SMARTS) is 1. The number of benzene rings is 2. The lowest BCUT2D eigenvalue weighted by Gasteiger charge is -2.13. The topological polar surface area (TPSA) is 88.8 Å². The van der Waals surface area contributed by atoms with Gasteiger partial charge in [-0.1, -0.05) is 18.2 Å². The lowest BCUT2D eigenvalue weighted by atomic mass is 10.1. The van der Waals surface area contributed by atoms with Crippen molar-refractivity contribution < 1.29 is 24.1 Å². The molecule has 0 unspecified atom stereocenters. The van der Waals surface area contributed by atoms with Crippen molar-refractivity contribution in [3.63, 3.8) is 0 Å². The third-order valence-electron chi connectivity index (χ3n) is 3.53. The molecule has 0 saturated carbocycles. The first-order chi connectivity index (χ1) is 13.0. The van der Waals surface area contributed by atoms with Gasteiger partial charge in [0.15, 0.2) is 11.5 Å². The molecule has 0 aromatic heterocycles. The maximum atomic E-state index is 11.0. The van der Waals surface area contributed by atoms with Gasteiger partial charge in [0.1, 0.15) is 30.6 Å². The van der Waals surface area contributed by atoms with Crippen LogP contribution in [-0.2, 0) is 4.79 Å². The predicted molar refractivity (Wildman–Crippen MR) is 101 cm³/mol. The van der Waals surface area contributed by atoms with Crippen molar-refractivity contribution in [2.75, 3.05) is 19.8 Å². The van der Waals surface area contributed by atoms with Crippen molar-refractivity contribution in [3.8, 4) is 23.3 Å². The molecule has 0 spiro atoms. The van der Waals surface area contributed by atoms with E-state index in [9.17, 15) is 4.79 Å². The molecule has 0 fully saturated rings. The molecule has 140 valence electrons. The Balaban J connectivity index is 2.03. The number of hydrogen-bond acceptors (Lipinski definition) is 5. The van der Waals surface area contributed by atoms with Crippen LogP contribution in [0.4, 0.5) is 0 Å². The number of hydrogen-bond donors (Lipinski definition) is 1. The number of aryl methyl sites for hydroxylation is 1. The van der Waals surface area contributed by atoms with Gasteiger partial charge in [0.05, 0.1) is 6.61 Å². The Kier molecular flexibility index (Phi) is 7.26. The average molecular weight is 367 g/mol. The summed E-state index contributed by atoms with van der Waals surface area (Å²) in [7, 11) is 0. The molecule has 0 aliphatic rings. The number of carbonyl (C=O) groups is 1. The first-order valence-electron chi connectivity index (χ1n) is 8.47. The molecule has 0 atom stereocenters. The molecular formula is C21H21NO5. The molecular weight excluding hydrogens is 346 g/mol. The molecule has 6 heteroatoms. The van der Waals surface area contributed by atoms with Crippen molar-refractivity contribution >= 4 is 12.0 Å². The van der Waals surface area contributed by atoms with Gasteiger partial charge in [-0.2, -0.15) is 5.26 Å². The molecule has 0 bridgehead atoms. The quantitative estimate of drug-likeness (QED) is 0.411. The van der Waals surface area contributed by atoms with Crippen LogP contribution in [0.25, 0.3) is 6.08 Å². The van der Waals surface area contributed by atoms with E-state index in [0.717, 1.165) is 11.3 Å². The minimum Gasteiger partial charge on any atom is -0.490 e. The van der Waals surface area contributed by atoms with E-state index in [-0.39, 0.29) is 5.57 Å². The van der Waals surface area contributed by atoms with Crippen LogP contribution in [0.1, 0.15) is 18.1 Å². The molecule has 6 nitrogen and oxygen atoms in total. The highest BCUT2D eigenvalue weighted by Gasteiger charge is 2.09. The Morgan fingerprint density at radius 3 is 2.56 bits per heavy atom. The summed E-state index contributed by atoms with van der Waals surface area (Å²) in [6.07, 6.45) is 1.29.